The lowest BCUT2D eigenvalue weighted by Crippen LogP contribution is -2.39. The van der Waals surface area contributed by atoms with Crippen LogP contribution in [-0.4, -0.2) is 8.07 Å². The summed E-state index contributed by atoms with van der Waals surface area (Å²) in [6.07, 6.45) is 0. The van der Waals surface area contributed by atoms with Gasteiger partial charge in [-0.05, 0) is 108 Å². The van der Waals surface area contributed by atoms with Gasteiger partial charge in [0.2, 0.25) is 8.07 Å². The molecule has 0 N–H and O–H groups in total. The summed E-state index contributed by atoms with van der Waals surface area (Å²) in [4.78, 5) is 4.54. The van der Waals surface area contributed by atoms with Crippen molar-refractivity contribution in [1.29, 1.82) is 0 Å². The van der Waals surface area contributed by atoms with Gasteiger partial charge in [0.15, 0.2) is 0 Å². The molecular weight excluding hydrogens is 609 g/mol. The Morgan fingerprint density at radius 3 is 0.837 bits per heavy atom. The third-order valence-corrected chi connectivity index (χ3v) is 13.7. The third-order valence-electron chi connectivity index (χ3n) is 8.96. The molecule has 0 saturated carbocycles. The summed E-state index contributed by atoms with van der Waals surface area (Å²) in [5.74, 6) is 7.15. The first kappa shape index (κ1) is 33.2. The molecule has 49 heavy (non-hydrogen) atoms. The SMILES string of the molecule is CC(C)[Si](C#Cc1ccc(N(c2ccccc2)c2ccccc2)cc1)(C#Cc1ccc(N(c2ccccc2)c2ccccc2)cc1)C(C)C. The van der Waals surface area contributed by atoms with E-state index in [0.717, 1.165) is 45.3 Å². The van der Waals surface area contributed by atoms with Crippen molar-refractivity contribution in [2.24, 2.45) is 0 Å². The molecular formula is C46H42N2Si. The predicted octanol–water partition coefficient (Wildman–Crippen LogP) is 12.4. The number of hydrogen-bond donors (Lipinski definition) is 0. The molecule has 0 unspecified atom stereocenters. The molecule has 3 heteroatoms. The second kappa shape index (κ2) is 15.4. The first-order valence-corrected chi connectivity index (χ1v) is 19.2. The Kier molecular flexibility index (Phi) is 10.5. The standard InChI is InChI=1S/C46H42N2Si/c1-37(2)49(38(3)4,35-33-39-25-29-45(30-26-39)47(41-17-9-5-10-18-41)42-19-11-6-12-20-42)36-34-40-27-31-46(32-28-40)48(43-21-13-7-14-22-43)44-23-15-8-16-24-44/h5-32,37-38H,1-4H3. The number of benzene rings is 6. The van der Waals surface area contributed by atoms with Crippen molar-refractivity contribution in [3.63, 3.8) is 0 Å². The lowest BCUT2D eigenvalue weighted by Gasteiger charge is -2.28. The van der Waals surface area contributed by atoms with E-state index in [9.17, 15) is 0 Å². The molecule has 6 aromatic rings. The molecule has 0 spiro atoms. The van der Waals surface area contributed by atoms with Gasteiger partial charge in [-0.15, -0.1) is 11.1 Å². The molecule has 0 saturated heterocycles. The topological polar surface area (TPSA) is 6.48 Å². The molecule has 0 bridgehead atoms. The number of anilines is 6. The van der Waals surface area contributed by atoms with Crippen molar-refractivity contribution in [3.8, 4) is 22.9 Å². The van der Waals surface area contributed by atoms with E-state index in [1.54, 1.807) is 0 Å². The highest BCUT2D eigenvalue weighted by atomic mass is 28.3. The monoisotopic (exact) mass is 650 g/mol. The van der Waals surface area contributed by atoms with Crippen LogP contribution in [0.3, 0.4) is 0 Å². The lowest BCUT2D eigenvalue weighted by molar-refractivity contribution is 0.934. The van der Waals surface area contributed by atoms with Crippen LogP contribution in [-0.2, 0) is 0 Å². The van der Waals surface area contributed by atoms with Gasteiger partial charge in [0.05, 0.1) is 0 Å². The van der Waals surface area contributed by atoms with Crippen LogP contribution in [0.2, 0.25) is 11.1 Å². The molecule has 6 aromatic carbocycles. The molecule has 6 rings (SSSR count). The summed E-state index contributed by atoms with van der Waals surface area (Å²) in [7, 11) is -2.34. The molecule has 240 valence electrons. The maximum Gasteiger partial charge on any atom is 0.222 e. The van der Waals surface area contributed by atoms with Crippen molar-refractivity contribution in [1.82, 2.24) is 0 Å². The molecule has 0 aromatic heterocycles. The van der Waals surface area contributed by atoms with Crippen LogP contribution in [0.1, 0.15) is 38.8 Å². The van der Waals surface area contributed by atoms with Gasteiger partial charge in [-0.1, -0.05) is 112 Å². The van der Waals surface area contributed by atoms with Crippen molar-refractivity contribution >= 4 is 42.2 Å². The Bertz CT molecular complexity index is 1820. The van der Waals surface area contributed by atoms with Crippen LogP contribution < -0.4 is 9.80 Å². The Morgan fingerprint density at radius 1 is 0.347 bits per heavy atom. The van der Waals surface area contributed by atoms with E-state index in [2.05, 4.69) is 206 Å². The van der Waals surface area contributed by atoms with E-state index in [-0.39, 0.29) is 0 Å². The largest absolute Gasteiger partial charge is 0.311 e. The fraction of sp³-hybridized carbons (Fsp3) is 0.130. The molecule has 0 atom stereocenters. The van der Waals surface area contributed by atoms with E-state index in [4.69, 9.17) is 0 Å². The van der Waals surface area contributed by atoms with E-state index in [1.807, 2.05) is 24.3 Å². The highest BCUT2D eigenvalue weighted by Crippen LogP contribution is 2.36. The van der Waals surface area contributed by atoms with Gasteiger partial charge in [0.1, 0.15) is 0 Å². The average Bonchev–Trinajstić information content (AvgIpc) is 3.15. The summed E-state index contributed by atoms with van der Waals surface area (Å²) >= 11 is 0. The van der Waals surface area contributed by atoms with Crippen LogP contribution in [0.15, 0.2) is 170 Å². The number of para-hydroxylation sites is 4. The van der Waals surface area contributed by atoms with Gasteiger partial charge >= 0.3 is 0 Å². The Balaban J connectivity index is 1.28. The fourth-order valence-corrected chi connectivity index (χ4v) is 9.47. The highest BCUT2D eigenvalue weighted by Gasteiger charge is 2.37. The number of hydrogen-bond acceptors (Lipinski definition) is 2. The first-order chi connectivity index (χ1) is 23.9. The molecule has 0 amide bonds. The van der Waals surface area contributed by atoms with Gasteiger partial charge < -0.3 is 9.80 Å². The maximum atomic E-state index is 3.80. The van der Waals surface area contributed by atoms with E-state index >= 15 is 0 Å². The molecule has 0 heterocycles. The summed E-state index contributed by atoms with van der Waals surface area (Å²) in [6.45, 7) is 9.15. The van der Waals surface area contributed by atoms with Crippen molar-refractivity contribution in [3.05, 3.63) is 181 Å². The van der Waals surface area contributed by atoms with Gasteiger partial charge in [0.25, 0.3) is 0 Å². The van der Waals surface area contributed by atoms with E-state index in [0.29, 0.717) is 11.1 Å². The van der Waals surface area contributed by atoms with Crippen LogP contribution >= 0.6 is 0 Å². The lowest BCUT2D eigenvalue weighted by atomic mass is 10.1. The number of rotatable bonds is 8. The second-order valence-electron chi connectivity index (χ2n) is 12.8. The zero-order chi connectivity index (χ0) is 34.1. The van der Waals surface area contributed by atoms with Crippen LogP contribution in [0.25, 0.3) is 0 Å². The zero-order valence-electron chi connectivity index (χ0n) is 28.7. The summed E-state index contributed by atoms with van der Waals surface area (Å²) in [5, 5.41) is 0. The first-order valence-electron chi connectivity index (χ1n) is 17.0. The van der Waals surface area contributed by atoms with E-state index < -0.39 is 8.07 Å². The predicted molar refractivity (Wildman–Crippen MR) is 212 cm³/mol. The Labute approximate surface area is 293 Å². The van der Waals surface area contributed by atoms with Crippen LogP contribution in [0.5, 0.6) is 0 Å². The average molecular weight is 651 g/mol. The van der Waals surface area contributed by atoms with Gasteiger partial charge in [-0.3, -0.25) is 0 Å². The Hall–Kier alpha value is -5.74. The summed E-state index contributed by atoms with van der Waals surface area (Å²) in [6, 6.07) is 59.1. The van der Waals surface area contributed by atoms with Gasteiger partial charge in [0, 0.05) is 45.3 Å². The molecule has 0 radical (unpaired) electrons. The summed E-state index contributed by atoms with van der Waals surface area (Å²) < 4.78 is 0. The Morgan fingerprint density at radius 2 is 0.592 bits per heavy atom. The van der Waals surface area contributed by atoms with Crippen molar-refractivity contribution in [2.75, 3.05) is 9.80 Å². The zero-order valence-corrected chi connectivity index (χ0v) is 29.7. The van der Waals surface area contributed by atoms with Crippen molar-refractivity contribution < 1.29 is 0 Å². The molecule has 0 fully saturated rings. The number of nitrogens with zero attached hydrogens (tertiary/aromatic N) is 2. The smallest absolute Gasteiger partial charge is 0.222 e. The normalized spacial score (nSPS) is 10.9. The van der Waals surface area contributed by atoms with Crippen LogP contribution in [0.4, 0.5) is 34.1 Å². The van der Waals surface area contributed by atoms with Crippen molar-refractivity contribution in [2.45, 2.75) is 38.8 Å². The van der Waals surface area contributed by atoms with Crippen LogP contribution in [0, 0.1) is 22.9 Å². The molecule has 2 nitrogen and oxygen atoms in total. The molecule has 0 aliphatic carbocycles. The quantitative estimate of drug-likeness (QED) is 0.119. The third kappa shape index (κ3) is 7.71. The highest BCUT2D eigenvalue weighted by molar-refractivity contribution is 6.96. The minimum absolute atomic E-state index is 0.379. The van der Waals surface area contributed by atoms with Gasteiger partial charge in [-0.25, -0.2) is 0 Å². The maximum absolute atomic E-state index is 3.80. The minimum atomic E-state index is -2.34. The molecule has 0 aliphatic rings. The molecule has 0 aliphatic heterocycles. The fourth-order valence-electron chi connectivity index (χ4n) is 6.22. The summed E-state index contributed by atoms with van der Waals surface area (Å²) in [5.41, 5.74) is 17.0. The second-order valence-corrected chi connectivity index (χ2v) is 17.3. The van der Waals surface area contributed by atoms with Gasteiger partial charge in [-0.2, -0.15) is 0 Å². The van der Waals surface area contributed by atoms with E-state index in [1.165, 1.54) is 0 Å². The minimum Gasteiger partial charge on any atom is -0.311 e.